The molecule has 2 N–H and O–H groups in total. The lowest BCUT2D eigenvalue weighted by molar-refractivity contribution is 0.590. The third kappa shape index (κ3) is 4.70. The summed E-state index contributed by atoms with van der Waals surface area (Å²) in [6, 6.07) is 3.71. The molecule has 0 amide bonds. The molecule has 0 aromatic heterocycles. The van der Waals surface area contributed by atoms with Gasteiger partial charge in [0.25, 0.3) is 0 Å². The summed E-state index contributed by atoms with van der Waals surface area (Å²) in [4.78, 5) is 0.0866. The zero-order chi connectivity index (χ0) is 17.1. The van der Waals surface area contributed by atoms with E-state index >= 15 is 0 Å². The second-order valence-corrected chi connectivity index (χ2v) is 8.29. The van der Waals surface area contributed by atoms with Crippen LogP contribution >= 0.6 is 11.6 Å². The minimum atomic E-state index is -3.86. The molecule has 1 aromatic carbocycles. The molecular formula is C16H23ClN2O2S. The lowest BCUT2D eigenvalue weighted by Gasteiger charge is -2.19. The van der Waals surface area contributed by atoms with E-state index < -0.39 is 10.0 Å². The number of nitrogens with two attached hydrogens (primary N) is 1. The van der Waals surface area contributed by atoms with Gasteiger partial charge in [-0.25, -0.2) is 13.6 Å². The van der Waals surface area contributed by atoms with E-state index in [2.05, 4.69) is 6.07 Å². The predicted octanol–water partition coefficient (Wildman–Crippen LogP) is 3.45. The van der Waals surface area contributed by atoms with E-state index in [1.165, 1.54) is 0 Å². The van der Waals surface area contributed by atoms with Gasteiger partial charge in [0, 0.05) is 5.02 Å². The smallest absolute Gasteiger partial charge is 0.225 e. The normalized spacial score (nSPS) is 12.0. The third-order valence-corrected chi connectivity index (χ3v) is 4.76. The largest absolute Gasteiger partial charge is 0.238 e. The van der Waals surface area contributed by atoms with Gasteiger partial charge in [0.05, 0.1) is 17.4 Å². The average molecular weight is 343 g/mol. The first-order valence-corrected chi connectivity index (χ1v) is 9.23. The summed E-state index contributed by atoms with van der Waals surface area (Å²) < 4.78 is 23.9. The van der Waals surface area contributed by atoms with Crippen LogP contribution in [0.4, 0.5) is 0 Å². The number of rotatable bonds is 6. The van der Waals surface area contributed by atoms with E-state index in [0.717, 1.165) is 11.1 Å². The highest BCUT2D eigenvalue weighted by molar-refractivity contribution is 7.89. The number of benzene rings is 1. The monoisotopic (exact) mass is 342 g/mol. The molecule has 0 saturated heterocycles. The first-order valence-electron chi connectivity index (χ1n) is 7.30. The first kappa shape index (κ1) is 19.0. The summed E-state index contributed by atoms with van der Waals surface area (Å²) in [5, 5.41) is 14.8. The molecule has 0 radical (unpaired) electrons. The highest BCUT2D eigenvalue weighted by atomic mass is 35.5. The van der Waals surface area contributed by atoms with Gasteiger partial charge >= 0.3 is 0 Å². The number of nitrogens with zero attached hydrogens (tertiary/aromatic N) is 1. The Morgan fingerprint density at radius 3 is 2.14 bits per heavy atom. The number of halogens is 1. The highest BCUT2D eigenvalue weighted by Crippen LogP contribution is 2.33. The van der Waals surface area contributed by atoms with Crippen molar-refractivity contribution in [1.29, 1.82) is 5.26 Å². The molecule has 0 bridgehead atoms. The van der Waals surface area contributed by atoms with Crippen LogP contribution in [-0.4, -0.2) is 8.42 Å². The highest BCUT2D eigenvalue weighted by Gasteiger charge is 2.23. The van der Waals surface area contributed by atoms with Crippen molar-refractivity contribution in [2.24, 2.45) is 17.0 Å². The third-order valence-electron chi connectivity index (χ3n) is 3.32. The molecule has 4 nitrogen and oxygen atoms in total. The SMILES string of the molecule is CC(C)Cc1cc(S(N)(=O)=O)c(CC(C)C)c(Cl)c1CC#N. The van der Waals surface area contributed by atoms with Crippen molar-refractivity contribution < 1.29 is 8.42 Å². The molecule has 0 unspecified atom stereocenters. The maximum Gasteiger partial charge on any atom is 0.238 e. The lowest BCUT2D eigenvalue weighted by Crippen LogP contribution is -2.18. The van der Waals surface area contributed by atoms with Gasteiger partial charge in [0.1, 0.15) is 0 Å². The molecule has 0 aliphatic carbocycles. The second-order valence-electron chi connectivity index (χ2n) is 6.38. The van der Waals surface area contributed by atoms with Gasteiger partial charge in [-0.15, -0.1) is 0 Å². The summed E-state index contributed by atoms with van der Waals surface area (Å²) in [5.41, 5.74) is 2.04. The summed E-state index contributed by atoms with van der Waals surface area (Å²) in [5.74, 6) is 0.543. The molecular weight excluding hydrogens is 320 g/mol. The van der Waals surface area contributed by atoms with E-state index in [-0.39, 0.29) is 17.2 Å². The van der Waals surface area contributed by atoms with Crippen LogP contribution in [0.3, 0.4) is 0 Å². The summed E-state index contributed by atoms with van der Waals surface area (Å²) in [6.45, 7) is 8.02. The Labute approximate surface area is 138 Å². The molecule has 6 heteroatoms. The molecule has 1 aromatic rings. The first-order chi connectivity index (χ1) is 10.1. The van der Waals surface area contributed by atoms with Crippen LogP contribution in [-0.2, 0) is 29.3 Å². The van der Waals surface area contributed by atoms with Crippen molar-refractivity contribution in [1.82, 2.24) is 0 Å². The van der Waals surface area contributed by atoms with Crippen molar-refractivity contribution in [3.8, 4) is 6.07 Å². The number of primary sulfonamides is 1. The zero-order valence-electron chi connectivity index (χ0n) is 13.5. The minimum Gasteiger partial charge on any atom is -0.225 e. The van der Waals surface area contributed by atoms with Crippen LogP contribution in [0.5, 0.6) is 0 Å². The van der Waals surface area contributed by atoms with Gasteiger partial charge in [0.15, 0.2) is 0 Å². The molecule has 1 rings (SSSR count). The van der Waals surface area contributed by atoms with E-state index in [1.54, 1.807) is 6.07 Å². The molecule has 0 fully saturated rings. The maximum atomic E-state index is 11.9. The number of sulfonamides is 1. The van der Waals surface area contributed by atoms with Gasteiger partial charge in [-0.2, -0.15) is 5.26 Å². The van der Waals surface area contributed by atoms with Crippen LogP contribution in [0.25, 0.3) is 0 Å². The molecule has 122 valence electrons. The van der Waals surface area contributed by atoms with E-state index in [1.807, 2.05) is 27.7 Å². The standard InChI is InChI=1S/C16H23ClN2O2S/c1-10(2)7-12-9-15(22(19,20)21)14(8-11(3)4)16(17)13(12)5-6-18/h9-11H,5,7-8H2,1-4H3,(H2,19,20,21). The van der Waals surface area contributed by atoms with Crippen molar-refractivity contribution >= 4 is 21.6 Å². The lowest BCUT2D eigenvalue weighted by atomic mass is 9.92. The molecule has 0 saturated carbocycles. The van der Waals surface area contributed by atoms with E-state index in [4.69, 9.17) is 22.0 Å². The fraction of sp³-hybridized carbons (Fsp3) is 0.562. The quantitative estimate of drug-likeness (QED) is 0.859. The van der Waals surface area contributed by atoms with Gasteiger partial charge in [0.2, 0.25) is 10.0 Å². The van der Waals surface area contributed by atoms with Gasteiger partial charge < -0.3 is 0 Å². The Kier molecular flexibility index (Phi) is 6.42. The minimum absolute atomic E-state index is 0.0866. The van der Waals surface area contributed by atoms with Gasteiger partial charge in [-0.05, 0) is 47.4 Å². The van der Waals surface area contributed by atoms with Gasteiger partial charge in [-0.3, -0.25) is 0 Å². The number of hydrogen-bond donors (Lipinski definition) is 1. The predicted molar refractivity (Wildman–Crippen MR) is 89.2 cm³/mol. The Morgan fingerprint density at radius 2 is 1.73 bits per heavy atom. The molecule has 0 aliphatic rings. The Hall–Kier alpha value is -1.09. The Morgan fingerprint density at radius 1 is 1.18 bits per heavy atom. The van der Waals surface area contributed by atoms with Gasteiger partial charge in [-0.1, -0.05) is 39.3 Å². The van der Waals surface area contributed by atoms with Crippen molar-refractivity contribution in [3.63, 3.8) is 0 Å². The molecule has 0 spiro atoms. The van der Waals surface area contributed by atoms with E-state index in [0.29, 0.717) is 29.3 Å². The van der Waals surface area contributed by atoms with Crippen molar-refractivity contribution in [3.05, 3.63) is 27.8 Å². The Balaban J connectivity index is 3.69. The fourth-order valence-corrected chi connectivity index (χ4v) is 3.77. The molecule has 0 aliphatic heterocycles. The van der Waals surface area contributed by atoms with Crippen LogP contribution in [0.15, 0.2) is 11.0 Å². The zero-order valence-corrected chi connectivity index (χ0v) is 15.1. The molecule has 0 heterocycles. The fourth-order valence-electron chi connectivity index (χ4n) is 2.51. The number of hydrogen-bond acceptors (Lipinski definition) is 3. The molecule has 0 atom stereocenters. The Bertz CT molecular complexity index is 689. The van der Waals surface area contributed by atoms with Crippen molar-refractivity contribution in [2.75, 3.05) is 0 Å². The number of nitriles is 1. The van der Waals surface area contributed by atoms with Crippen LogP contribution < -0.4 is 5.14 Å². The summed E-state index contributed by atoms with van der Waals surface area (Å²) in [7, 11) is -3.86. The summed E-state index contributed by atoms with van der Waals surface area (Å²) >= 11 is 6.46. The summed E-state index contributed by atoms with van der Waals surface area (Å²) in [6.07, 6.45) is 1.32. The van der Waals surface area contributed by atoms with E-state index in [9.17, 15) is 8.42 Å². The van der Waals surface area contributed by atoms with Crippen LogP contribution in [0, 0.1) is 23.2 Å². The second kappa shape index (κ2) is 7.45. The van der Waals surface area contributed by atoms with Crippen LogP contribution in [0.2, 0.25) is 5.02 Å². The van der Waals surface area contributed by atoms with Crippen LogP contribution in [0.1, 0.15) is 44.4 Å². The molecule has 22 heavy (non-hydrogen) atoms. The average Bonchev–Trinajstić information content (AvgIpc) is 2.34. The topological polar surface area (TPSA) is 84.0 Å². The van der Waals surface area contributed by atoms with Crippen molar-refractivity contribution in [2.45, 2.75) is 51.9 Å². The maximum absolute atomic E-state index is 11.9.